The zero-order valence-electron chi connectivity index (χ0n) is 9.80. The summed E-state index contributed by atoms with van der Waals surface area (Å²) in [6.07, 6.45) is 0. The Morgan fingerprint density at radius 2 is 1.67 bits per heavy atom. The van der Waals surface area contributed by atoms with E-state index in [9.17, 15) is 8.42 Å². The van der Waals surface area contributed by atoms with E-state index in [-0.39, 0.29) is 29.7 Å². The van der Waals surface area contributed by atoms with Crippen LogP contribution in [0.1, 0.15) is 5.56 Å². The fourth-order valence-electron chi connectivity index (χ4n) is 1.82. The third-order valence-electron chi connectivity index (χ3n) is 2.89. The lowest BCUT2D eigenvalue weighted by atomic mass is 10.2. The number of anilines is 1. The third-order valence-corrected chi connectivity index (χ3v) is 4.50. The van der Waals surface area contributed by atoms with E-state index < -0.39 is 9.84 Å². The number of halogens is 1. The fraction of sp³-hybridized carbons (Fsp3) is 0.364. The normalized spacial score (nSPS) is 17.9. The Labute approximate surface area is 113 Å². The lowest BCUT2D eigenvalue weighted by molar-refractivity contribution is 0.587. The lowest BCUT2D eigenvalue weighted by Gasteiger charge is -2.28. The lowest BCUT2D eigenvalue weighted by Crippen LogP contribution is -2.40. The average molecular weight is 290 g/mol. The highest BCUT2D eigenvalue weighted by Gasteiger charge is 2.21. The quantitative estimate of drug-likeness (QED) is 0.617. The van der Waals surface area contributed by atoms with Crippen molar-refractivity contribution in [3.05, 3.63) is 29.8 Å². The van der Waals surface area contributed by atoms with Gasteiger partial charge in [0.25, 0.3) is 0 Å². The summed E-state index contributed by atoms with van der Waals surface area (Å²) < 4.78 is 22.6. The molecule has 1 aromatic carbocycles. The first kappa shape index (κ1) is 14.8. The number of nitrogens with zero attached hydrogens (tertiary/aromatic N) is 1. The zero-order chi connectivity index (χ0) is 12.5. The molecule has 0 amide bonds. The van der Waals surface area contributed by atoms with Crippen LogP contribution in [-0.4, -0.2) is 38.8 Å². The second-order valence-electron chi connectivity index (χ2n) is 4.10. The monoisotopic (exact) mass is 289 g/mol. The van der Waals surface area contributed by atoms with E-state index in [0.29, 0.717) is 18.7 Å². The summed E-state index contributed by atoms with van der Waals surface area (Å²) in [4.78, 5) is 2.03. The Morgan fingerprint density at radius 1 is 1.17 bits per heavy atom. The number of rotatable bonds is 2. The predicted octanol–water partition coefficient (Wildman–Crippen LogP) is 0.627. The molecule has 0 bridgehead atoms. The maximum absolute atomic E-state index is 11.3. The van der Waals surface area contributed by atoms with Crippen LogP contribution in [0.5, 0.6) is 0 Å². The summed E-state index contributed by atoms with van der Waals surface area (Å²) in [7, 11) is -2.84. The molecule has 0 radical (unpaired) electrons. The second-order valence-corrected chi connectivity index (χ2v) is 6.40. The molecule has 1 aliphatic heterocycles. The number of hydrogen-bond donors (Lipinski definition) is 2. The number of nitrogens with two attached hydrogens (primary N) is 1. The molecular weight excluding hydrogens is 274 g/mol. The molecule has 0 unspecified atom stereocenters. The number of nitrogens with one attached hydrogen (secondary N) is 1. The largest absolute Gasteiger partial charge is 0.384 e. The van der Waals surface area contributed by atoms with Crippen molar-refractivity contribution >= 4 is 33.8 Å². The molecule has 0 spiro atoms. The van der Waals surface area contributed by atoms with Crippen LogP contribution in [0.2, 0.25) is 0 Å². The van der Waals surface area contributed by atoms with Crippen molar-refractivity contribution < 1.29 is 8.42 Å². The van der Waals surface area contributed by atoms with Crippen molar-refractivity contribution in [3.8, 4) is 0 Å². The summed E-state index contributed by atoms with van der Waals surface area (Å²) in [6, 6.07) is 7.30. The van der Waals surface area contributed by atoms with Crippen molar-refractivity contribution in [1.82, 2.24) is 0 Å². The van der Waals surface area contributed by atoms with Gasteiger partial charge in [0.05, 0.1) is 11.5 Å². The molecule has 3 N–H and O–H groups in total. The maximum Gasteiger partial charge on any atom is 0.153 e. The standard InChI is InChI=1S/C11H15N3O2S.ClH/c12-11(13)9-1-3-10(4-2-9)14-5-7-17(15,16)8-6-14;/h1-4H,5-8H2,(H3,12,13);1H. The topological polar surface area (TPSA) is 87.2 Å². The molecule has 0 aromatic heterocycles. The summed E-state index contributed by atoms with van der Waals surface area (Å²) in [5, 5.41) is 7.29. The van der Waals surface area contributed by atoms with E-state index in [2.05, 4.69) is 0 Å². The SMILES string of the molecule is Cl.N=C(N)c1ccc(N2CCS(=O)(=O)CC2)cc1. The van der Waals surface area contributed by atoms with Crippen molar-refractivity contribution in [2.24, 2.45) is 5.73 Å². The molecule has 0 saturated carbocycles. The van der Waals surface area contributed by atoms with Crippen LogP contribution in [0.25, 0.3) is 0 Å². The van der Waals surface area contributed by atoms with Gasteiger partial charge in [0.1, 0.15) is 5.84 Å². The van der Waals surface area contributed by atoms with Crippen LogP contribution in [0.3, 0.4) is 0 Å². The molecule has 100 valence electrons. The highest BCUT2D eigenvalue weighted by molar-refractivity contribution is 7.91. The van der Waals surface area contributed by atoms with Gasteiger partial charge in [-0.1, -0.05) is 0 Å². The molecular formula is C11H16ClN3O2S. The van der Waals surface area contributed by atoms with Crippen LogP contribution in [0.4, 0.5) is 5.69 Å². The van der Waals surface area contributed by atoms with Crippen LogP contribution in [0, 0.1) is 5.41 Å². The summed E-state index contributed by atoms with van der Waals surface area (Å²) in [5.74, 6) is 0.459. The van der Waals surface area contributed by atoms with Gasteiger partial charge in [0.2, 0.25) is 0 Å². The van der Waals surface area contributed by atoms with Crippen LogP contribution in [-0.2, 0) is 9.84 Å². The van der Waals surface area contributed by atoms with Gasteiger partial charge >= 0.3 is 0 Å². The summed E-state index contributed by atoms with van der Waals surface area (Å²) >= 11 is 0. The molecule has 5 nitrogen and oxygen atoms in total. The first-order valence-corrected chi connectivity index (χ1v) is 7.20. The number of sulfone groups is 1. The predicted molar refractivity (Wildman–Crippen MR) is 75.6 cm³/mol. The van der Waals surface area contributed by atoms with E-state index in [1.165, 1.54) is 0 Å². The Bertz CT molecular complexity index is 514. The van der Waals surface area contributed by atoms with Gasteiger partial charge in [0.15, 0.2) is 9.84 Å². The fourth-order valence-corrected chi connectivity index (χ4v) is 3.02. The highest BCUT2D eigenvalue weighted by Crippen LogP contribution is 2.17. The minimum Gasteiger partial charge on any atom is -0.384 e. The molecule has 1 saturated heterocycles. The number of hydrogen-bond acceptors (Lipinski definition) is 4. The van der Waals surface area contributed by atoms with Gasteiger partial charge in [0, 0.05) is 24.3 Å². The van der Waals surface area contributed by atoms with E-state index in [4.69, 9.17) is 11.1 Å². The minimum absolute atomic E-state index is 0. The molecule has 7 heteroatoms. The van der Waals surface area contributed by atoms with E-state index >= 15 is 0 Å². The molecule has 1 aromatic rings. The molecule has 0 aliphatic carbocycles. The van der Waals surface area contributed by atoms with Gasteiger partial charge in [-0.15, -0.1) is 12.4 Å². The molecule has 1 fully saturated rings. The molecule has 1 heterocycles. The van der Waals surface area contributed by atoms with Gasteiger partial charge < -0.3 is 10.6 Å². The second kappa shape index (κ2) is 5.58. The Kier molecular flexibility index (Phi) is 4.59. The van der Waals surface area contributed by atoms with E-state index in [1.807, 2.05) is 17.0 Å². The average Bonchev–Trinajstić information content (AvgIpc) is 2.29. The Hall–Kier alpha value is -1.27. The molecule has 0 atom stereocenters. The smallest absolute Gasteiger partial charge is 0.153 e. The molecule has 18 heavy (non-hydrogen) atoms. The summed E-state index contributed by atoms with van der Waals surface area (Å²) in [5.41, 5.74) is 7.02. The first-order valence-electron chi connectivity index (χ1n) is 5.38. The van der Waals surface area contributed by atoms with Gasteiger partial charge in [-0.3, -0.25) is 5.41 Å². The van der Waals surface area contributed by atoms with Crippen molar-refractivity contribution in [3.63, 3.8) is 0 Å². The number of amidine groups is 1. The first-order chi connectivity index (χ1) is 7.98. The zero-order valence-corrected chi connectivity index (χ0v) is 11.4. The van der Waals surface area contributed by atoms with Crippen LogP contribution < -0.4 is 10.6 Å². The van der Waals surface area contributed by atoms with Gasteiger partial charge in [-0.25, -0.2) is 8.42 Å². The van der Waals surface area contributed by atoms with E-state index in [0.717, 1.165) is 5.69 Å². The third kappa shape index (κ3) is 3.36. The number of nitrogen functional groups attached to an aromatic ring is 1. The maximum atomic E-state index is 11.3. The molecule has 2 rings (SSSR count). The number of benzene rings is 1. The minimum atomic E-state index is -2.84. The van der Waals surface area contributed by atoms with Crippen molar-refractivity contribution in [2.45, 2.75) is 0 Å². The highest BCUT2D eigenvalue weighted by atomic mass is 35.5. The van der Waals surface area contributed by atoms with Gasteiger partial charge in [-0.05, 0) is 24.3 Å². The van der Waals surface area contributed by atoms with Crippen molar-refractivity contribution in [2.75, 3.05) is 29.5 Å². The van der Waals surface area contributed by atoms with Gasteiger partial charge in [-0.2, -0.15) is 0 Å². The van der Waals surface area contributed by atoms with E-state index in [1.54, 1.807) is 12.1 Å². The Balaban J connectivity index is 0.00000162. The summed E-state index contributed by atoms with van der Waals surface area (Å²) in [6.45, 7) is 1.06. The van der Waals surface area contributed by atoms with Crippen LogP contribution in [0.15, 0.2) is 24.3 Å². The Morgan fingerprint density at radius 3 is 2.11 bits per heavy atom. The molecule has 1 aliphatic rings. The van der Waals surface area contributed by atoms with Crippen LogP contribution >= 0.6 is 12.4 Å². The van der Waals surface area contributed by atoms with Crippen molar-refractivity contribution in [1.29, 1.82) is 5.41 Å².